The van der Waals surface area contributed by atoms with E-state index in [9.17, 15) is 0 Å². The molecule has 2 aliphatic heterocycles. The lowest BCUT2D eigenvalue weighted by Gasteiger charge is -2.35. The Hall–Kier alpha value is -1.56. The summed E-state index contributed by atoms with van der Waals surface area (Å²) in [6.07, 6.45) is 6.05. The average Bonchev–Trinajstić information content (AvgIpc) is 3.21. The monoisotopic (exact) mass is 348 g/mol. The molecule has 0 bridgehead atoms. The molecule has 24 heavy (non-hydrogen) atoms. The average molecular weight is 349 g/mol. The lowest BCUT2D eigenvalue weighted by molar-refractivity contribution is 0.155. The van der Waals surface area contributed by atoms with Crippen LogP contribution in [0.2, 0.25) is 0 Å². The number of imidazole rings is 1. The number of aryl methyl sites for hydroxylation is 1. The summed E-state index contributed by atoms with van der Waals surface area (Å²) in [6, 6.07) is 7.02. The minimum absolute atomic E-state index is 0. The minimum atomic E-state index is 0. The van der Waals surface area contributed by atoms with Crippen LogP contribution >= 0.6 is 12.4 Å². The second-order valence-electron chi connectivity index (χ2n) is 6.44. The van der Waals surface area contributed by atoms with Crippen LogP contribution in [0.25, 0.3) is 0 Å². The van der Waals surface area contributed by atoms with E-state index in [1.165, 1.54) is 11.1 Å². The van der Waals surface area contributed by atoms with E-state index in [0.717, 1.165) is 57.2 Å². The summed E-state index contributed by atoms with van der Waals surface area (Å²) < 4.78 is 7.73. The number of benzene rings is 1. The molecule has 2 aliphatic rings. The summed E-state index contributed by atoms with van der Waals surface area (Å²) in [5.74, 6) is 2.22. The van der Waals surface area contributed by atoms with E-state index in [0.29, 0.717) is 6.04 Å². The van der Waals surface area contributed by atoms with E-state index >= 15 is 0 Å². The van der Waals surface area contributed by atoms with Crippen molar-refractivity contribution in [3.8, 4) is 5.75 Å². The van der Waals surface area contributed by atoms with Gasteiger partial charge in [-0.15, -0.1) is 12.4 Å². The van der Waals surface area contributed by atoms with Gasteiger partial charge in [0.15, 0.2) is 0 Å². The Bertz CT molecular complexity index is 687. The molecule has 1 saturated heterocycles. The van der Waals surface area contributed by atoms with Crippen LogP contribution in [0.15, 0.2) is 30.6 Å². The summed E-state index contributed by atoms with van der Waals surface area (Å²) in [5.41, 5.74) is 2.77. The van der Waals surface area contributed by atoms with Gasteiger partial charge in [0.05, 0.1) is 12.6 Å². The van der Waals surface area contributed by atoms with Gasteiger partial charge in [0.2, 0.25) is 0 Å². The van der Waals surface area contributed by atoms with Gasteiger partial charge in [0, 0.05) is 52.0 Å². The predicted molar refractivity (Wildman–Crippen MR) is 97.0 cm³/mol. The van der Waals surface area contributed by atoms with E-state index in [1.807, 2.05) is 12.4 Å². The second kappa shape index (κ2) is 7.55. The highest BCUT2D eigenvalue weighted by Gasteiger charge is 2.26. The van der Waals surface area contributed by atoms with Gasteiger partial charge in [-0.1, -0.05) is 12.1 Å². The van der Waals surface area contributed by atoms with Crippen molar-refractivity contribution < 1.29 is 4.74 Å². The molecule has 1 aromatic carbocycles. The quantitative estimate of drug-likeness (QED) is 0.917. The number of nitrogens with one attached hydrogen (secondary N) is 1. The third-order valence-corrected chi connectivity index (χ3v) is 4.95. The fourth-order valence-corrected chi connectivity index (χ4v) is 3.63. The van der Waals surface area contributed by atoms with E-state index in [2.05, 4.69) is 45.0 Å². The van der Waals surface area contributed by atoms with Crippen molar-refractivity contribution in [2.45, 2.75) is 18.9 Å². The number of hydrogen-bond acceptors (Lipinski definition) is 4. The standard InChI is InChI=1S/C18H24N4O.ClH/c1-21-9-7-20-18(21)16-13-19-6-10-22(16)8-4-14-2-3-17-15(12-14)5-11-23-17;/h2-3,7,9,12,16,19H,4-6,8,10-11,13H2,1H3;1H. The third kappa shape index (κ3) is 3.43. The van der Waals surface area contributed by atoms with Crippen LogP contribution in [-0.4, -0.2) is 47.2 Å². The SMILES string of the molecule is Cl.Cn1ccnc1C1CNCCN1CCc1ccc2c(c1)CCO2. The van der Waals surface area contributed by atoms with Gasteiger partial charge in [0.1, 0.15) is 11.6 Å². The summed E-state index contributed by atoms with van der Waals surface area (Å²) >= 11 is 0. The molecule has 3 heterocycles. The van der Waals surface area contributed by atoms with Crippen LogP contribution in [0, 0.1) is 0 Å². The van der Waals surface area contributed by atoms with Gasteiger partial charge >= 0.3 is 0 Å². The zero-order valence-corrected chi connectivity index (χ0v) is 14.9. The van der Waals surface area contributed by atoms with E-state index in [4.69, 9.17) is 4.74 Å². The zero-order chi connectivity index (χ0) is 15.6. The molecule has 1 aromatic heterocycles. The predicted octanol–water partition coefficient (Wildman–Crippen LogP) is 1.97. The smallest absolute Gasteiger partial charge is 0.127 e. The van der Waals surface area contributed by atoms with Crippen LogP contribution in [-0.2, 0) is 19.9 Å². The Morgan fingerprint density at radius 1 is 1.38 bits per heavy atom. The first-order valence-electron chi connectivity index (χ1n) is 8.48. The van der Waals surface area contributed by atoms with E-state index in [1.54, 1.807) is 0 Å². The first-order valence-corrected chi connectivity index (χ1v) is 8.48. The van der Waals surface area contributed by atoms with Crippen LogP contribution in [0.4, 0.5) is 0 Å². The number of ether oxygens (including phenoxy) is 1. The van der Waals surface area contributed by atoms with Gasteiger partial charge in [-0.2, -0.15) is 0 Å². The maximum absolute atomic E-state index is 5.60. The molecular weight excluding hydrogens is 324 g/mol. The number of piperazine rings is 1. The number of aromatic nitrogens is 2. The van der Waals surface area contributed by atoms with Crippen molar-refractivity contribution in [1.82, 2.24) is 19.8 Å². The maximum atomic E-state index is 5.60. The van der Waals surface area contributed by atoms with Crippen molar-refractivity contribution in [2.24, 2.45) is 7.05 Å². The van der Waals surface area contributed by atoms with E-state index in [-0.39, 0.29) is 12.4 Å². The zero-order valence-electron chi connectivity index (χ0n) is 14.1. The Balaban J connectivity index is 0.00000169. The molecule has 130 valence electrons. The highest BCUT2D eigenvalue weighted by atomic mass is 35.5. The van der Waals surface area contributed by atoms with Gasteiger partial charge in [-0.3, -0.25) is 4.90 Å². The Morgan fingerprint density at radius 3 is 3.12 bits per heavy atom. The molecule has 6 heteroatoms. The van der Waals surface area contributed by atoms with Crippen LogP contribution in [0.5, 0.6) is 5.75 Å². The number of halogens is 1. The van der Waals surface area contributed by atoms with Crippen molar-refractivity contribution in [3.05, 3.63) is 47.5 Å². The molecule has 1 atom stereocenters. The summed E-state index contributed by atoms with van der Waals surface area (Å²) in [7, 11) is 2.08. The van der Waals surface area contributed by atoms with Crippen LogP contribution in [0.3, 0.4) is 0 Å². The first-order chi connectivity index (χ1) is 11.3. The number of fused-ring (bicyclic) bond motifs is 1. The molecule has 0 radical (unpaired) electrons. The maximum Gasteiger partial charge on any atom is 0.127 e. The summed E-state index contributed by atoms with van der Waals surface area (Å²) in [4.78, 5) is 7.11. The largest absolute Gasteiger partial charge is 0.493 e. The lowest BCUT2D eigenvalue weighted by Crippen LogP contribution is -2.47. The molecule has 1 fully saturated rings. The van der Waals surface area contributed by atoms with E-state index < -0.39 is 0 Å². The van der Waals surface area contributed by atoms with Gasteiger partial charge in [-0.25, -0.2) is 4.98 Å². The lowest BCUT2D eigenvalue weighted by atomic mass is 10.0. The normalized spacial score (nSPS) is 20.3. The molecule has 2 aromatic rings. The summed E-state index contributed by atoms with van der Waals surface area (Å²) in [5, 5.41) is 3.50. The molecule has 0 amide bonds. The Morgan fingerprint density at radius 2 is 2.29 bits per heavy atom. The number of hydrogen-bond donors (Lipinski definition) is 1. The molecule has 4 rings (SSSR count). The molecule has 0 aliphatic carbocycles. The molecule has 0 saturated carbocycles. The molecule has 5 nitrogen and oxygen atoms in total. The van der Waals surface area contributed by atoms with Gasteiger partial charge < -0.3 is 14.6 Å². The number of rotatable bonds is 4. The highest BCUT2D eigenvalue weighted by Crippen LogP contribution is 2.27. The Labute approximate surface area is 149 Å². The molecular formula is C18H25ClN4O. The van der Waals surface area contributed by atoms with Crippen molar-refractivity contribution in [2.75, 3.05) is 32.8 Å². The third-order valence-electron chi connectivity index (χ3n) is 4.95. The minimum Gasteiger partial charge on any atom is -0.493 e. The Kier molecular flexibility index (Phi) is 5.43. The molecule has 1 unspecified atom stereocenters. The van der Waals surface area contributed by atoms with Crippen LogP contribution < -0.4 is 10.1 Å². The molecule has 0 spiro atoms. The fraction of sp³-hybridized carbons (Fsp3) is 0.500. The first kappa shape index (κ1) is 17.3. The number of nitrogens with zero attached hydrogens (tertiary/aromatic N) is 3. The molecule has 1 N–H and O–H groups in total. The van der Waals surface area contributed by atoms with Crippen molar-refractivity contribution in [3.63, 3.8) is 0 Å². The van der Waals surface area contributed by atoms with Gasteiger partial charge in [0.25, 0.3) is 0 Å². The fourth-order valence-electron chi connectivity index (χ4n) is 3.63. The van der Waals surface area contributed by atoms with Crippen LogP contribution in [0.1, 0.15) is 23.0 Å². The second-order valence-corrected chi connectivity index (χ2v) is 6.44. The van der Waals surface area contributed by atoms with Crippen molar-refractivity contribution in [1.29, 1.82) is 0 Å². The topological polar surface area (TPSA) is 42.3 Å². The van der Waals surface area contributed by atoms with Gasteiger partial charge in [-0.05, 0) is 23.6 Å². The van der Waals surface area contributed by atoms with Crippen molar-refractivity contribution >= 4 is 12.4 Å². The summed E-state index contributed by atoms with van der Waals surface area (Å²) in [6.45, 7) is 5.00. The highest BCUT2D eigenvalue weighted by molar-refractivity contribution is 5.85.